The molecule has 4 nitrogen and oxygen atoms in total. The van der Waals surface area contributed by atoms with Gasteiger partial charge in [-0.2, -0.15) is 0 Å². The lowest BCUT2D eigenvalue weighted by atomic mass is 10.4. The van der Waals surface area contributed by atoms with Gasteiger partial charge >= 0.3 is 0 Å². The van der Waals surface area contributed by atoms with Crippen LogP contribution in [-0.4, -0.2) is 40.9 Å². The van der Waals surface area contributed by atoms with Crippen LogP contribution in [0.25, 0.3) is 0 Å². The summed E-state index contributed by atoms with van der Waals surface area (Å²) < 4.78 is 40.1. The number of hydrogen-bond acceptors (Lipinski definition) is 4. The van der Waals surface area contributed by atoms with E-state index in [1.54, 1.807) is 0 Å². The van der Waals surface area contributed by atoms with Crippen LogP contribution in [0.5, 0.6) is 0 Å². The van der Waals surface area contributed by atoms with E-state index in [1.165, 1.54) is 0 Å². The maximum Gasteiger partial charge on any atom is 0.150 e. The summed E-state index contributed by atoms with van der Waals surface area (Å²) in [5, 5.41) is 0. The molecule has 0 radical (unpaired) electrons. The van der Waals surface area contributed by atoms with Gasteiger partial charge in [0, 0.05) is 12.5 Å². The molecule has 0 aromatic carbocycles. The lowest BCUT2D eigenvalue weighted by Gasteiger charge is -1.81. The highest BCUT2D eigenvalue weighted by molar-refractivity contribution is 7.91. The van der Waals surface area contributed by atoms with Crippen LogP contribution in [0.1, 0.15) is 12.8 Å². The van der Waals surface area contributed by atoms with E-state index in [-0.39, 0.29) is 0 Å². The Morgan fingerprint density at radius 3 is 1.33 bits per heavy atom. The van der Waals surface area contributed by atoms with Crippen LogP contribution in [0.4, 0.5) is 0 Å². The first-order valence-electron chi connectivity index (χ1n) is 3.56. The number of rotatable bonds is 0. The topological polar surface area (TPSA) is 68.3 Å². The van der Waals surface area contributed by atoms with Gasteiger partial charge in [0.15, 0.2) is 0 Å². The molecule has 0 spiro atoms. The third-order valence-corrected chi connectivity index (χ3v) is 2.98. The monoisotopic (exact) mass is 214 g/mol. The van der Waals surface area contributed by atoms with E-state index in [2.05, 4.69) is 0 Å². The van der Waals surface area contributed by atoms with Crippen molar-refractivity contribution in [2.45, 2.75) is 12.8 Å². The molecule has 0 amide bonds. The third kappa shape index (κ3) is 9.90. The molecule has 0 saturated carbocycles. The molecule has 12 heavy (non-hydrogen) atoms. The zero-order valence-corrected chi connectivity index (χ0v) is 8.91. The van der Waals surface area contributed by atoms with E-state index < -0.39 is 19.7 Å². The first-order valence-corrected chi connectivity index (χ1v) is 7.68. The normalized spacial score (nSPS) is 21.2. The molecule has 0 aromatic heterocycles. The van der Waals surface area contributed by atoms with Gasteiger partial charge in [-0.25, -0.2) is 16.8 Å². The molecule has 1 aliphatic rings. The molecule has 0 bridgehead atoms. The molecule has 1 saturated heterocycles. The zero-order chi connectivity index (χ0) is 9.83. The molecule has 6 heteroatoms. The molecular formula is C6H14O4S2. The fourth-order valence-electron chi connectivity index (χ4n) is 0.746. The van der Waals surface area contributed by atoms with E-state index in [4.69, 9.17) is 0 Å². The highest BCUT2D eigenvalue weighted by Gasteiger charge is 2.16. The van der Waals surface area contributed by atoms with Gasteiger partial charge in [-0.3, -0.25) is 0 Å². The molecule has 1 fully saturated rings. The predicted octanol–water partition coefficient (Wildman–Crippen LogP) is -0.144. The SMILES string of the molecule is CS(C)(=O)=O.O=S1(=O)CCCC1. The van der Waals surface area contributed by atoms with Crippen LogP contribution >= 0.6 is 0 Å². The zero-order valence-electron chi connectivity index (χ0n) is 7.28. The summed E-state index contributed by atoms with van der Waals surface area (Å²) in [5.41, 5.74) is 0. The maximum atomic E-state index is 10.4. The Kier molecular flexibility index (Phi) is 4.19. The largest absolute Gasteiger partial charge is 0.229 e. The smallest absolute Gasteiger partial charge is 0.150 e. The molecule has 0 unspecified atom stereocenters. The second kappa shape index (κ2) is 4.23. The predicted molar refractivity (Wildman–Crippen MR) is 48.7 cm³/mol. The van der Waals surface area contributed by atoms with Crippen molar-refractivity contribution in [2.24, 2.45) is 0 Å². The van der Waals surface area contributed by atoms with Gasteiger partial charge in [0.25, 0.3) is 0 Å². The van der Waals surface area contributed by atoms with E-state index in [9.17, 15) is 16.8 Å². The first-order chi connectivity index (χ1) is 5.21. The van der Waals surface area contributed by atoms with Gasteiger partial charge in [-0.15, -0.1) is 0 Å². The summed E-state index contributed by atoms with van der Waals surface area (Å²) >= 11 is 0. The van der Waals surface area contributed by atoms with Gasteiger partial charge in [-0.1, -0.05) is 0 Å². The van der Waals surface area contributed by atoms with Crippen LogP contribution < -0.4 is 0 Å². The van der Waals surface area contributed by atoms with Gasteiger partial charge in [0.1, 0.15) is 19.7 Å². The standard InChI is InChI=1S/C4H8O2S.C2H6O2S/c5-7(6)3-1-2-4-7;1-5(2,3)4/h1-4H2;1-2H3. The Labute approximate surface area is 73.8 Å². The van der Waals surface area contributed by atoms with E-state index in [1.807, 2.05) is 0 Å². The second-order valence-electron chi connectivity index (χ2n) is 3.00. The summed E-state index contributed by atoms with van der Waals surface area (Å²) in [4.78, 5) is 0. The minimum absolute atomic E-state index is 0.424. The Morgan fingerprint density at radius 2 is 1.25 bits per heavy atom. The van der Waals surface area contributed by atoms with Crippen LogP contribution in [0, 0.1) is 0 Å². The molecule has 1 heterocycles. The van der Waals surface area contributed by atoms with Crippen LogP contribution in [0.3, 0.4) is 0 Å². The number of hydrogen-bond donors (Lipinski definition) is 0. The highest BCUT2D eigenvalue weighted by Crippen LogP contribution is 2.08. The van der Waals surface area contributed by atoms with Crippen molar-refractivity contribution in [2.75, 3.05) is 24.0 Å². The quantitative estimate of drug-likeness (QED) is 0.562. The summed E-state index contributed by atoms with van der Waals surface area (Å²) in [7, 11) is -5.21. The van der Waals surface area contributed by atoms with Crippen molar-refractivity contribution in [1.82, 2.24) is 0 Å². The summed E-state index contributed by atoms with van der Waals surface area (Å²) in [6.45, 7) is 0. The Bertz CT molecular complexity index is 291. The molecular weight excluding hydrogens is 200 g/mol. The van der Waals surface area contributed by atoms with Crippen molar-refractivity contribution in [1.29, 1.82) is 0 Å². The van der Waals surface area contributed by atoms with Crippen molar-refractivity contribution >= 4 is 19.7 Å². The lowest BCUT2D eigenvalue weighted by Crippen LogP contribution is -1.98. The van der Waals surface area contributed by atoms with Gasteiger partial charge < -0.3 is 0 Å². The van der Waals surface area contributed by atoms with Crippen molar-refractivity contribution in [3.63, 3.8) is 0 Å². The molecule has 0 aliphatic carbocycles. The van der Waals surface area contributed by atoms with Crippen molar-refractivity contribution < 1.29 is 16.8 Å². The minimum Gasteiger partial charge on any atom is -0.229 e. The minimum atomic E-state index is -2.67. The summed E-state index contributed by atoms with van der Waals surface area (Å²) in [5.74, 6) is 0.847. The van der Waals surface area contributed by atoms with Crippen LogP contribution in [-0.2, 0) is 19.7 Å². The molecule has 1 rings (SSSR count). The lowest BCUT2D eigenvalue weighted by molar-refractivity contribution is 0.601. The fourth-order valence-corrected chi connectivity index (χ4v) is 2.24. The van der Waals surface area contributed by atoms with Crippen LogP contribution in [0.15, 0.2) is 0 Å². The third-order valence-electron chi connectivity index (χ3n) is 1.16. The van der Waals surface area contributed by atoms with E-state index in [0.717, 1.165) is 25.4 Å². The average Bonchev–Trinajstić information content (AvgIpc) is 2.08. The summed E-state index contributed by atoms with van der Waals surface area (Å²) in [6.07, 6.45) is 4.07. The highest BCUT2D eigenvalue weighted by atomic mass is 32.2. The summed E-state index contributed by atoms with van der Waals surface area (Å²) in [6, 6.07) is 0. The molecule has 74 valence electrons. The van der Waals surface area contributed by atoms with E-state index >= 15 is 0 Å². The van der Waals surface area contributed by atoms with Crippen molar-refractivity contribution in [3.8, 4) is 0 Å². The first kappa shape index (κ1) is 11.9. The molecule has 0 atom stereocenters. The van der Waals surface area contributed by atoms with Gasteiger partial charge in [-0.05, 0) is 12.8 Å². The Hall–Kier alpha value is -0.100. The van der Waals surface area contributed by atoms with Gasteiger partial charge in [0.05, 0.1) is 11.5 Å². The maximum absolute atomic E-state index is 10.4. The molecule has 0 aromatic rings. The Balaban J connectivity index is 0.000000217. The molecule has 1 aliphatic heterocycles. The second-order valence-corrected chi connectivity index (χ2v) is 7.59. The van der Waals surface area contributed by atoms with Gasteiger partial charge in [0.2, 0.25) is 0 Å². The van der Waals surface area contributed by atoms with E-state index in [0.29, 0.717) is 11.5 Å². The molecule has 0 N–H and O–H groups in total. The average molecular weight is 214 g/mol. The number of sulfone groups is 2. The Morgan fingerprint density at radius 1 is 1.00 bits per heavy atom. The fraction of sp³-hybridized carbons (Fsp3) is 1.00. The van der Waals surface area contributed by atoms with Crippen molar-refractivity contribution in [3.05, 3.63) is 0 Å². The van der Waals surface area contributed by atoms with Crippen LogP contribution in [0.2, 0.25) is 0 Å².